The molecule has 158 valence electrons. The van der Waals surface area contributed by atoms with Gasteiger partial charge in [0.2, 0.25) is 16.3 Å². The van der Waals surface area contributed by atoms with E-state index < -0.39 is 10.0 Å². The molecule has 0 aliphatic carbocycles. The van der Waals surface area contributed by atoms with E-state index in [1.54, 1.807) is 6.07 Å². The maximum absolute atomic E-state index is 11.6. The lowest BCUT2D eigenvalue weighted by Gasteiger charge is -2.38. The normalized spacial score (nSPS) is 19.8. The lowest BCUT2D eigenvalue weighted by molar-refractivity contribution is -0.0190. The van der Waals surface area contributed by atoms with Crippen LogP contribution < -0.4 is 9.46 Å². The van der Waals surface area contributed by atoms with Crippen LogP contribution in [0.5, 0.6) is 5.75 Å². The number of benzene rings is 3. The number of hydrazone groups is 1. The highest BCUT2D eigenvalue weighted by Gasteiger charge is 2.40. The highest BCUT2D eigenvalue weighted by Crippen LogP contribution is 2.47. The number of hydrogen-bond acceptors (Lipinski definition) is 5. The van der Waals surface area contributed by atoms with E-state index in [0.717, 1.165) is 34.4 Å². The Bertz CT molecular complexity index is 1290. The van der Waals surface area contributed by atoms with Gasteiger partial charge in [-0.1, -0.05) is 60.2 Å². The van der Waals surface area contributed by atoms with Gasteiger partial charge in [0, 0.05) is 23.2 Å². The Morgan fingerprint density at radius 2 is 1.84 bits per heavy atom. The van der Waals surface area contributed by atoms with Gasteiger partial charge in [0.05, 0.1) is 18.0 Å². The molecule has 3 aromatic rings. The molecule has 0 fully saturated rings. The van der Waals surface area contributed by atoms with Crippen LogP contribution in [0.1, 0.15) is 40.9 Å². The maximum Gasteiger partial charge on any atom is 0.229 e. The second-order valence-corrected chi connectivity index (χ2v) is 9.77. The van der Waals surface area contributed by atoms with Crippen molar-refractivity contribution in [2.45, 2.75) is 25.6 Å². The summed E-state index contributed by atoms with van der Waals surface area (Å²) in [5.41, 5.74) is 5.65. The van der Waals surface area contributed by atoms with Gasteiger partial charge < -0.3 is 4.74 Å². The molecule has 0 saturated carbocycles. The van der Waals surface area contributed by atoms with E-state index in [0.29, 0.717) is 12.1 Å². The first-order chi connectivity index (χ1) is 14.9. The molecule has 2 aliphatic rings. The molecular formula is C24H23N3O3S. The van der Waals surface area contributed by atoms with Gasteiger partial charge >= 0.3 is 0 Å². The number of nitrogens with zero attached hydrogens (tertiary/aromatic N) is 2. The van der Waals surface area contributed by atoms with Crippen LogP contribution in [0.2, 0.25) is 0 Å². The van der Waals surface area contributed by atoms with E-state index in [4.69, 9.17) is 9.84 Å². The molecule has 31 heavy (non-hydrogen) atoms. The SMILES string of the molecule is Cc1cccc([C@H]2Oc3ccccc3[C@@H]3CC(c4cccc(NS(C)(=O)=O)c4)=NN23)c1. The van der Waals surface area contributed by atoms with Crippen molar-refractivity contribution in [1.29, 1.82) is 0 Å². The van der Waals surface area contributed by atoms with Crippen LogP contribution >= 0.6 is 0 Å². The molecule has 7 heteroatoms. The van der Waals surface area contributed by atoms with E-state index in [-0.39, 0.29) is 12.3 Å². The Hall–Kier alpha value is -3.32. The molecule has 3 aromatic carbocycles. The zero-order chi connectivity index (χ0) is 21.6. The third-order valence-corrected chi connectivity index (χ3v) is 6.13. The van der Waals surface area contributed by atoms with Crippen LogP contribution in [0.3, 0.4) is 0 Å². The summed E-state index contributed by atoms with van der Waals surface area (Å²) in [7, 11) is -3.35. The predicted octanol–water partition coefficient (Wildman–Crippen LogP) is 4.61. The number of anilines is 1. The third-order valence-electron chi connectivity index (χ3n) is 5.53. The van der Waals surface area contributed by atoms with Crippen LogP contribution in [0.15, 0.2) is 77.9 Å². The first-order valence-corrected chi connectivity index (χ1v) is 12.0. The van der Waals surface area contributed by atoms with Gasteiger partial charge in [-0.25, -0.2) is 13.4 Å². The summed E-state index contributed by atoms with van der Waals surface area (Å²) in [5.74, 6) is 0.874. The summed E-state index contributed by atoms with van der Waals surface area (Å²) in [5, 5.41) is 6.98. The van der Waals surface area contributed by atoms with E-state index in [1.807, 2.05) is 47.5 Å². The standard InChI is InChI=1S/C24H23N3O3S/c1-16-7-5-9-18(13-16)24-27-22(20-11-3-4-12-23(20)30-24)15-21(25-27)17-8-6-10-19(14-17)26-31(2,28)29/h3-14,22,24,26H,15H2,1-2H3/t22-,24+/m0/s1. The van der Waals surface area contributed by atoms with Gasteiger partial charge in [-0.15, -0.1) is 0 Å². The first kappa shape index (κ1) is 19.6. The Labute approximate surface area is 182 Å². The number of ether oxygens (including phenoxy) is 1. The molecule has 6 nitrogen and oxygen atoms in total. The summed E-state index contributed by atoms with van der Waals surface area (Å²) in [6.45, 7) is 2.07. The largest absolute Gasteiger partial charge is 0.464 e. The molecule has 0 amide bonds. The molecule has 0 unspecified atom stereocenters. The number of fused-ring (bicyclic) bond motifs is 3. The van der Waals surface area contributed by atoms with Crippen molar-refractivity contribution in [2.75, 3.05) is 11.0 Å². The zero-order valence-electron chi connectivity index (χ0n) is 17.3. The van der Waals surface area contributed by atoms with Crippen LogP contribution in [-0.4, -0.2) is 25.4 Å². The van der Waals surface area contributed by atoms with E-state index >= 15 is 0 Å². The summed E-state index contributed by atoms with van der Waals surface area (Å²) < 4.78 is 32.2. The van der Waals surface area contributed by atoms with Gasteiger partial charge in [0.25, 0.3) is 0 Å². The van der Waals surface area contributed by atoms with E-state index in [9.17, 15) is 8.42 Å². The minimum atomic E-state index is -3.35. The Balaban J connectivity index is 1.55. The van der Waals surface area contributed by atoms with Crippen molar-refractivity contribution in [1.82, 2.24) is 5.01 Å². The number of para-hydroxylation sites is 1. The third kappa shape index (κ3) is 3.88. The molecule has 1 N–H and O–H groups in total. The summed E-state index contributed by atoms with van der Waals surface area (Å²) in [6.07, 6.45) is 1.54. The molecular weight excluding hydrogens is 410 g/mol. The number of rotatable bonds is 4. The summed E-state index contributed by atoms with van der Waals surface area (Å²) >= 11 is 0. The second kappa shape index (κ2) is 7.42. The van der Waals surface area contributed by atoms with Crippen molar-refractivity contribution >= 4 is 21.4 Å². The Morgan fingerprint density at radius 1 is 1.03 bits per heavy atom. The average molecular weight is 434 g/mol. The van der Waals surface area contributed by atoms with Gasteiger partial charge in [0.15, 0.2) is 0 Å². The van der Waals surface area contributed by atoms with E-state index in [1.165, 1.54) is 5.56 Å². The lowest BCUT2D eigenvalue weighted by atomic mass is 9.95. The highest BCUT2D eigenvalue weighted by atomic mass is 32.2. The molecule has 0 aromatic heterocycles. The fourth-order valence-electron chi connectivity index (χ4n) is 4.23. The predicted molar refractivity (Wildman–Crippen MR) is 122 cm³/mol. The minimum Gasteiger partial charge on any atom is -0.464 e. The topological polar surface area (TPSA) is 71.0 Å². The second-order valence-electron chi connectivity index (χ2n) is 8.02. The highest BCUT2D eigenvalue weighted by molar-refractivity contribution is 7.92. The fraction of sp³-hybridized carbons (Fsp3) is 0.208. The van der Waals surface area contributed by atoms with Gasteiger partial charge in [-0.05, 0) is 30.7 Å². The van der Waals surface area contributed by atoms with Gasteiger partial charge in [0.1, 0.15) is 5.75 Å². The zero-order valence-corrected chi connectivity index (χ0v) is 18.1. The molecule has 0 radical (unpaired) electrons. The van der Waals surface area contributed by atoms with Crippen molar-refractivity contribution in [2.24, 2.45) is 5.10 Å². The molecule has 2 heterocycles. The molecule has 2 aliphatic heterocycles. The quantitative estimate of drug-likeness (QED) is 0.652. The summed E-state index contributed by atoms with van der Waals surface area (Å²) in [4.78, 5) is 0. The van der Waals surface area contributed by atoms with Crippen molar-refractivity contribution in [3.8, 4) is 5.75 Å². The number of nitrogens with one attached hydrogen (secondary N) is 1. The van der Waals surface area contributed by atoms with Crippen LogP contribution in [0, 0.1) is 6.92 Å². The first-order valence-electron chi connectivity index (χ1n) is 10.1. The Kier molecular flexibility index (Phi) is 4.70. The fourth-order valence-corrected chi connectivity index (χ4v) is 4.78. The molecule has 0 spiro atoms. The molecule has 5 rings (SSSR count). The molecule has 0 saturated heterocycles. The summed E-state index contributed by atoms with van der Waals surface area (Å²) in [6, 6.07) is 23.8. The van der Waals surface area contributed by atoms with Crippen molar-refractivity contribution in [3.63, 3.8) is 0 Å². The number of aryl methyl sites for hydroxylation is 1. The smallest absolute Gasteiger partial charge is 0.229 e. The van der Waals surface area contributed by atoms with Crippen LogP contribution in [0.25, 0.3) is 0 Å². The van der Waals surface area contributed by atoms with Crippen molar-refractivity contribution < 1.29 is 13.2 Å². The van der Waals surface area contributed by atoms with E-state index in [2.05, 4.69) is 35.9 Å². The van der Waals surface area contributed by atoms with Gasteiger partial charge in [-0.3, -0.25) is 4.72 Å². The number of hydrogen-bond donors (Lipinski definition) is 1. The minimum absolute atomic E-state index is 0.0528. The average Bonchev–Trinajstić information content (AvgIpc) is 3.18. The Morgan fingerprint density at radius 3 is 2.65 bits per heavy atom. The monoisotopic (exact) mass is 433 g/mol. The van der Waals surface area contributed by atoms with Crippen LogP contribution in [-0.2, 0) is 10.0 Å². The lowest BCUT2D eigenvalue weighted by Crippen LogP contribution is -2.33. The van der Waals surface area contributed by atoms with Crippen molar-refractivity contribution in [3.05, 3.63) is 95.1 Å². The van der Waals surface area contributed by atoms with Gasteiger partial charge in [-0.2, -0.15) is 5.10 Å². The van der Waals surface area contributed by atoms with Crippen LogP contribution in [0.4, 0.5) is 5.69 Å². The maximum atomic E-state index is 11.6. The molecule has 2 atom stereocenters. The molecule has 0 bridgehead atoms. The number of sulfonamides is 1.